The molecule has 0 bridgehead atoms. The second kappa shape index (κ2) is 31.1. The van der Waals surface area contributed by atoms with Crippen LogP contribution >= 0.6 is 7.60 Å². The molecular weight excluding hydrogens is 708 g/mol. The van der Waals surface area contributed by atoms with Gasteiger partial charge in [-0.1, -0.05) is 248 Å². The fourth-order valence-corrected chi connectivity index (χ4v) is 9.95. The van der Waals surface area contributed by atoms with Crippen molar-refractivity contribution in [3.05, 3.63) is 27.8 Å². The van der Waals surface area contributed by atoms with Crippen LogP contribution in [-0.2, 0) is 34.4 Å². The Morgan fingerprint density at radius 1 is 0.375 bits per heavy atom. The minimum absolute atomic E-state index is 0.234. The predicted octanol–water partition coefficient (Wildman–Crippen LogP) is 17.3. The Morgan fingerprint density at radius 3 is 0.786 bits per heavy atom. The number of hydrogen-bond acceptors (Lipinski definition) is 2. The quantitative estimate of drug-likeness (QED) is 0.0466. The Morgan fingerprint density at radius 2 is 0.589 bits per heavy atom. The van der Waals surface area contributed by atoms with Crippen molar-refractivity contribution < 1.29 is 19.5 Å². The van der Waals surface area contributed by atoms with Crippen LogP contribution in [-0.4, -0.2) is 14.9 Å². The fourth-order valence-electron chi connectivity index (χ4n) is 9.16. The summed E-state index contributed by atoms with van der Waals surface area (Å²) < 4.78 is 12.8. The summed E-state index contributed by atoms with van der Waals surface area (Å²) in [4.78, 5) is 20.9. The molecule has 0 saturated carbocycles. The van der Waals surface area contributed by atoms with Gasteiger partial charge >= 0.3 is 7.60 Å². The summed E-state index contributed by atoms with van der Waals surface area (Å²) in [7, 11) is -4.33. The van der Waals surface area contributed by atoms with Crippen molar-refractivity contribution in [1.29, 1.82) is 0 Å². The summed E-state index contributed by atoms with van der Waals surface area (Å²) in [6.07, 6.45) is 43.5. The first-order chi connectivity index (χ1) is 26.6. The van der Waals surface area contributed by atoms with Gasteiger partial charge in [0, 0.05) is 11.1 Å². The maximum absolute atomic E-state index is 12.8. The summed E-state index contributed by atoms with van der Waals surface area (Å²) in [5.74, 6) is 0.373. The summed E-state index contributed by atoms with van der Waals surface area (Å²) in [6.45, 7) is 17.4. The van der Waals surface area contributed by atoms with Crippen molar-refractivity contribution in [3.63, 3.8) is 0 Å². The van der Waals surface area contributed by atoms with Crippen LogP contribution in [0.5, 0.6) is 5.75 Å². The van der Waals surface area contributed by atoms with Crippen molar-refractivity contribution in [2.75, 3.05) is 0 Å². The number of phenolic OH excluding ortho intramolecular Hbond substituents is 1. The molecule has 1 rings (SSSR count). The Bertz CT molecular complexity index is 1080. The molecule has 0 aromatic heterocycles. The van der Waals surface area contributed by atoms with Crippen LogP contribution in [0.15, 0.2) is 0 Å². The molecule has 0 spiro atoms. The minimum Gasteiger partial charge on any atom is -0.507 e. The molecular formula is C51H97O4P. The summed E-state index contributed by atoms with van der Waals surface area (Å²) in [5, 5.41) is 12.1. The Labute approximate surface area is 350 Å². The van der Waals surface area contributed by atoms with E-state index in [9.17, 15) is 19.5 Å². The normalized spacial score (nSPS) is 12.6. The van der Waals surface area contributed by atoms with Gasteiger partial charge in [-0.3, -0.25) is 4.57 Å². The van der Waals surface area contributed by atoms with Crippen LogP contribution in [0, 0.1) is 0 Å². The van der Waals surface area contributed by atoms with Crippen molar-refractivity contribution in [3.8, 4) is 5.75 Å². The zero-order chi connectivity index (χ0) is 41.7. The molecule has 56 heavy (non-hydrogen) atoms. The van der Waals surface area contributed by atoms with E-state index >= 15 is 0 Å². The number of benzene rings is 1. The van der Waals surface area contributed by atoms with Gasteiger partial charge < -0.3 is 14.9 Å². The number of phenols is 1. The second-order valence-electron chi connectivity index (χ2n) is 20.0. The molecule has 0 aliphatic carbocycles. The third-order valence-electron chi connectivity index (χ3n) is 12.2. The van der Waals surface area contributed by atoms with Crippen molar-refractivity contribution >= 4 is 7.60 Å². The van der Waals surface area contributed by atoms with Crippen molar-refractivity contribution in [1.82, 2.24) is 0 Å². The van der Waals surface area contributed by atoms with Gasteiger partial charge in [0.1, 0.15) is 5.75 Å². The van der Waals surface area contributed by atoms with Gasteiger partial charge in [-0.25, -0.2) is 0 Å². The smallest absolute Gasteiger partial charge is 0.329 e. The van der Waals surface area contributed by atoms with Gasteiger partial charge in [0.25, 0.3) is 0 Å². The molecule has 330 valence electrons. The average Bonchev–Trinajstić information content (AvgIpc) is 3.10. The summed E-state index contributed by atoms with van der Waals surface area (Å²) >= 11 is 0. The topological polar surface area (TPSA) is 77.8 Å². The van der Waals surface area contributed by atoms with E-state index in [1.54, 1.807) is 0 Å². The number of aromatic hydroxyl groups is 1. The molecule has 1 aromatic rings. The Balaban J connectivity index is 2.76. The molecule has 0 aliphatic heterocycles. The molecule has 0 heterocycles. The highest BCUT2D eigenvalue weighted by Gasteiger charge is 2.35. The molecule has 0 aliphatic rings. The Hall–Kier alpha value is -0.830. The lowest BCUT2D eigenvalue weighted by atomic mass is 9.71. The van der Waals surface area contributed by atoms with Gasteiger partial charge in [0.15, 0.2) is 0 Å². The summed E-state index contributed by atoms with van der Waals surface area (Å²) in [6, 6.07) is 0. The average molecular weight is 805 g/mol. The van der Waals surface area contributed by atoms with Gasteiger partial charge in [0.2, 0.25) is 0 Å². The first kappa shape index (κ1) is 53.2. The van der Waals surface area contributed by atoms with Crippen LogP contribution < -0.4 is 0 Å². The van der Waals surface area contributed by atoms with Crippen LogP contribution in [0.25, 0.3) is 0 Å². The van der Waals surface area contributed by atoms with Gasteiger partial charge in [-0.05, 0) is 53.2 Å². The molecule has 3 N–H and O–H groups in total. The first-order valence-corrected chi connectivity index (χ1v) is 26.4. The Kier molecular flexibility index (Phi) is 29.5. The lowest BCUT2D eigenvalue weighted by Crippen LogP contribution is -2.24. The van der Waals surface area contributed by atoms with Crippen LogP contribution in [0.3, 0.4) is 0 Å². The third kappa shape index (κ3) is 24.9. The largest absolute Gasteiger partial charge is 0.507 e. The van der Waals surface area contributed by atoms with E-state index in [1.165, 1.54) is 180 Å². The van der Waals surface area contributed by atoms with E-state index < -0.39 is 7.60 Å². The second-order valence-corrected chi connectivity index (χ2v) is 21.6. The molecule has 0 amide bonds. The molecule has 1 aromatic carbocycles. The van der Waals surface area contributed by atoms with Gasteiger partial charge in [-0.2, -0.15) is 0 Å². The monoisotopic (exact) mass is 805 g/mol. The maximum Gasteiger partial charge on any atom is 0.329 e. The molecule has 4 nitrogen and oxygen atoms in total. The van der Waals surface area contributed by atoms with Gasteiger partial charge in [0.05, 0.1) is 6.16 Å². The minimum atomic E-state index is -4.33. The van der Waals surface area contributed by atoms with E-state index in [-0.39, 0.29) is 17.0 Å². The third-order valence-corrected chi connectivity index (χ3v) is 13.0. The lowest BCUT2D eigenvalue weighted by Gasteiger charge is -2.35. The van der Waals surface area contributed by atoms with Crippen LogP contribution in [0.2, 0.25) is 0 Å². The molecule has 5 heteroatoms. The fraction of sp³-hybridized carbons (Fsp3) is 0.882. The highest BCUT2D eigenvalue weighted by molar-refractivity contribution is 7.50. The predicted molar refractivity (Wildman–Crippen MR) is 248 cm³/mol. The highest BCUT2D eigenvalue weighted by Crippen LogP contribution is 2.50. The van der Waals surface area contributed by atoms with Crippen molar-refractivity contribution in [2.45, 2.75) is 291 Å². The number of hydrogen-bond donors (Lipinski definition) is 3. The van der Waals surface area contributed by atoms with Crippen LogP contribution in [0.4, 0.5) is 0 Å². The van der Waals surface area contributed by atoms with Crippen LogP contribution in [0.1, 0.15) is 289 Å². The zero-order valence-corrected chi connectivity index (χ0v) is 39.8. The molecule has 0 atom stereocenters. The number of unbranched alkanes of at least 4 members (excludes halogenated alkanes) is 30. The van der Waals surface area contributed by atoms with Gasteiger partial charge in [-0.15, -0.1) is 0 Å². The highest BCUT2D eigenvalue weighted by atomic mass is 31.2. The molecule has 0 unspecified atom stereocenters. The standard InChI is InChI=1S/C51H97O4P/c1-9-11-13-15-17-19-21-23-25-27-29-31-33-35-37-39-41-44-46(43-56(53,54)55)45(48(51(6,7)8)49(52)47(44)50(3,4)5)42-40-38-36-34-32-30-28-26-24-22-20-18-16-14-12-10-2/h52H,9-43H2,1-8H3,(H2,53,54,55). The van der Waals surface area contributed by atoms with Crippen molar-refractivity contribution in [2.24, 2.45) is 0 Å². The van der Waals surface area contributed by atoms with E-state index in [0.29, 0.717) is 5.75 Å². The first-order valence-electron chi connectivity index (χ1n) is 24.6. The molecule has 0 radical (unpaired) electrons. The lowest BCUT2D eigenvalue weighted by molar-refractivity contribution is 0.370. The SMILES string of the molecule is CCCCCCCCCCCCCCCCCCc1c(CP(=O)(O)O)c(CCCCCCCCCCCCCCCCCC)c(C(C)(C)C)c(O)c1C(C)(C)C. The zero-order valence-electron chi connectivity index (χ0n) is 38.9. The molecule has 0 fully saturated rings. The summed E-state index contributed by atoms with van der Waals surface area (Å²) in [5.41, 5.74) is 4.00. The van der Waals surface area contributed by atoms with E-state index in [0.717, 1.165) is 66.3 Å². The van der Waals surface area contributed by atoms with E-state index in [4.69, 9.17) is 0 Å². The maximum atomic E-state index is 12.8. The number of rotatable bonds is 36. The van der Waals surface area contributed by atoms with E-state index in [1.807, 2.05) is 0 Å². The van der Waals surface area contributed by atoms with E-state index in [2.05, 4.69) is 55.4 Å². The molecule has 0 saturated heterocycles.